The van der Waals surface area contributed by atoms with E-state index in [-0.39, 0.29) is 22.7 Å². The molecule has 0 saturated heterocycles. The number of hydrazine groups is 2. The summed E-state index contributed by atoms with van der Waals surface area (Å²) in [7, 11) is 1.44. The van der Waals surface area contributed by atoms with Crippen molar-refractivity contribution in [3.8, 4) is 0 Å². The van der Waals surface area contributed by atoms with Gasteiger partial charge in [0.2, 0.25) is 5.96 Å². The normalized spacial score (nSPS) is 15.1. The molecule has 1 aromatic carbocycles. The van der Waals surface area contributed by atoms with Gasteiger partial charge in [0.05, 0.1) is 16.7 Å². The summed E-state index contributed by atoms with van der Waals surface area (Å²) in [5.74, 6) is -0.0954. The van der Waals surface area contributed by atoms with Gasteiger partial charge in [-0.3, -0.25) is 5.43 Å². The van der Waals surface area contributed by atoms with E-state index in [9.17, 15) is 39.5 Å². The maximum Gasteiger partial charge on any atom is 0.417 e. The number of aromatic nitrogens is 1. The summed E-state index contributed by atoms with van der Waals surface area (Å²) in [6, 6.07) is 1.69. The Kier molecular flexibility index (Phi) is 6.81. The van der Waals surface area contributed by atoms with E-state index in [1.165, 1.54) is 12.2 Å². The lowest BCUT2D eigenvalue weighted by Crippen LogP contribution is -2.44. The number of benzene rings is 1. The van der Waals surface area contributed by atoms with Crippen molar-refractivity contribution in [3.63, 3.8) is 0 Å². The van der Waals surface area contributed by atoms with E-state index >= 15 is 0 Å². The van der Waals surface area contributed by atoms with Gasteiger partial charge in [0.15, 0.2) is 0 Å². The van der Waals surface area contributed by atoms with Crippen molar-refractivity contribution in [3.05, 3.63) is 63.4 Å². The van der Waals surface area contributed by atoms with Crippen LogP contribution in [0.3, 0.4) is 0 Å². The number of hydrazone groups is 1. The summed E-state index contributed by atoms with van der Waals surface area (Å²) < 4.78 is 119. The largest absolute Gasteiger partial charge is 0.417 e. The van der Waals surface area contributed by atoms with Gasteiger partial charge in [-0.1, -0.05) is 11.6 Å². The lowest BCUT2D eigenvalue weighted by molar-refractivity contribution is -0.143. The molecule has 3 rings (SSSR count). The van der Waals surface area contributed by atoms with E-state index < -0.39 is 53.9 Å². The van der Waals surface area contributed by atoms with Crippen molar-refractivity contribution in [1.29, 1.82) is 0 Å². The van der Waals surface area contributed by atoms with Crippen LogP contribution in [0.5, 0.6) is 0 Å². The zero-order valence-electron chi connectivity index (χ0n) is 16.9. The van der Waals surface area contributed by atoms with Crippen molar-refractivity contribution >= 4 is 17.6 Å². The summed E-state index contributed by atoms with van der Waals surface area (Å²) in [5.41, 5.74) is 0.232. The van der Waals surface area contributed by atoms with Gasteiger partial charge in [0.25, 0.3) is 0 Å². The molecule has 2 heterocycles. The Morgan fingerprint density at radius 2 is 1.41 bits per heavy atom. The van der Waals surface area contributed by atoms with Crippen LogP contribution in [0.15, 0.2) is 35.6 Å². The third kappa shape index (κ3) is 6.14. The Bertz CT molecular complexity index is 1050. The summed E-state index contributed by atoms with van der Waals surface area (Å²) >= 11 is 5.91. The molecular weight excluding hydrogens is 507 g/mol. The van der Waals surface area contributed by atoms with Gasteiger partial charge in [0, 0.05) is 31.9 Å². The molecule has 6 nitrogen and oxygen atoms in total. The van der Waals surface area contributed by atoms with Crippen molar-refractivity contribution in [1.82, 2.24) is 26.0 Å². The number of hydrogen-bond acceptors (Lipinski definition) is 6. The Morgan fingerprint density at radius 3 is 1.88 bits per heavy atom. The van der Waals surface area contributed by atoms with Gasteiger partial charge < -0.3 is 4.90 Å². The zero-order chi connectivity index (χ0) is 25.5. The smallest absolute Gasteiger partial charge is 0.332 e. The third-order valence-electron chi connectivity index (χ3n) is 4.49. The monoisotopic (exact) mass is 520 g/mol. The summed E-state index contributed by atoms with van der Waals surface area (Å²) in [6.45, 7) is -1.07. The fourth-order valence-electron chi connectivity index (χ4n) is 2.97. The maximum atomic E-state index is 13.2. The standard InChI is InChI=1S/C18H14ClF9N6/c1-33-31-15(30-32-33)34(8-10-4-13(18(26,27)28)6-29-14(10)19)7-9-2-11(16(20,21)22)5-12(3-9)17(23,24)25/h2-6,32H,7-8H2,1H3,(H,30,31). The van der Waals surface area contributed by atoms with E-state index in [2.05, 4.69) is 21.0 Å². The second-order valence-electron chi connectivity index (χ2n) is 7.15. The average molecular weight is 521 g/mol. The van der Waals surface area contributed by atoms with E-state index in [0.29, 0.717) is 24.4 Å². The molecule has 0 aliphatic carbocycles. The number of halogens is 10. The number of guanidine groups is 1. The second kappa shape index (κ2) is 9.02. The zero-order valence-corrected chi connectivity index (χ0v) is 17.6. The van der Waals surface area contributed by atoms with Crippen LogP contribution < -0.4 is 11.0 Å². The Labute approximate surface area is 190 Å². The molecule has 2 aromatic rings. The molecule has 16 heteroatoms. The first-order valence-electron chi connectivity index (χ1n) is 9.12. The van der Waals surface area contributed by atoms with Crippen LogP contribution in [0, 0.1) is 0 Å². The number of hydrogen-bond donors (Lipinski definition) is 2. The molecular formula is C18H14ClF9N6. The number of pyridine rings is 1. The van der Waals surface area contributed by atoms with Crippen LogP contribution in [-0.2, 0) is 31.6 Å². The molecule has 0 unspecified atom stereocenters. The SMILES string of the molecule is CN1NN=C(N(Cc2cc(C(F)(F)F)cc(C(F)(F)F)c2)Cc2cc(C(F)(F)F)cnc2Cl)N1. The van der Waals surface area contributed by atoms with Crippen molar-refractivity contribution in [2.75, 3.05) is 7.05 Å². The predicted molar refractivity (Wildman–Crippen MR) is 101 cm³/mol. The molecule has 2 N–H and O–H groups in total. The van der Waals surface area contributed by atoms with E-state index in [4.69, 9.17) is 11.6 Å². The Morgan fingerprint density at radius 1 is 0.853 bits per heavy atom. The summed E-state index contributed by atoms with van der Waals surface area (Å²) in [5, 5.41) is 4.69. The highest BCUT2D eigenvalue weighted by Crippen LogP contribution is 2.37. The van der Waals surface area contributed by atoms with Crippen LogP contribution in [0.1, 0.15) is 27.8 Å². The van der Waals surface area contributed by atoms with Gasteiger partial charge >= 0.3 is 18.5 Å². The number of nitrogens with one attached hydrogen (secondary N) is 2. The van der Waals surface area contributed by atoms with Crippen LogP contribution >= 0.6 is 11.6 Å². The molecule has 186 valence electrons. The van der Waals surface area contributed by atoms with E-state index in [1.807, 2.05) is 0 Å². The van der Waals surface area contributed by atoms with Crippen LogP contribution in [0.4, 0.5) is 39.5 Å². The number of nitrogens with zero attached hydrogens (tertiary/aromatic N) is 4. The summed E-state index contributed by atoms with van der Waals surface area (Å²) in [6.07, 6.45) is -14.4. The molecule has 0 fully saturated rings. The van der Waals surface area contributed by atoms with Gasteiger partial charge in [-0.15, -0.1) is 10.2 Å². The summed E-state index contributed by atoms with van der Waals surface area (Å²) in [4.78, 5) is 4.58. The number of rotatable bonds is 4. The van der Waals surface area contributed by atoms with Gasteiger partial charge in [-0.25, -0.2) is 10.5 Å². The van der Waals surface area contributed by atoms with Crippen molar-refractivity contribution in [2.24, 2.45) is 5.10 Å². The number of alkyl halides is 9. The molecule has 0 bridgehead atoms. The molecule has 0 saturated carbocycles. The van der Waals surface area contributed by atoms with Gasteiger partial charge in [-0.2, -0.15) is 39.5 Å². The second-order valence-corrected chi connectivity index (χ2v) is 7.51. The van der Waals surface area contributed by atoms with E-state index in [0.717, 1.165) is 4.90 Å². The minimum Gasteiger partial charge on any atom is -0.332 e. The van der Waals surface area contributed by atoms with Crippen molar-refractivity contribution < 1.29 is 39.5 Å². The first-order valence-corrected chi connectivity index (χ1v) is 9.50. The van der Waals surface area contributed by atoms with Gasteiger partial charge in [0.1, 0.15) is 5.15 Å². The molecule has 0 radical (unpaired) electrons. The Hall–Kier alpha value is -2.94. The van der Waals surface area contributed by atoms with E-state index in [1.54, 1.807) is 0 Å². The molecule has 0 amide bonds. The quantitative estimate of drug-likeness (QED) is 0.438. The minimum absolute atomic E-state index is 0.0257. The van der Waals surface area contributed by atoms with Crippen molar-refractivity contribution in [2.45, 2.75) is 31.6 Å². The fraction of sp³-hybridized carbons (Fsp3) is 0.333. The van der Waals surface area contributed by atoms with Crippen LogP contribution in [-0.4, -0.2) is 28.0 Å². The highest BCUT2D eigenvalue weighted by Gasteiger charge is 2.37. The van der Waals surface area contributed by atoms with Gasteiger partial charge in [-0.05, 0) is 29.8 Å². The Balaban J connectivity index is 2.02. The highest BCUT2D eigenvalue weighted by atomic mass is 35.5. The third-order valence-corrected chi connectivity index (χ3v) is 4.83. The molecule has 1 aliphatic rings. The topological polar surface area (TPSA) is 55.8 Å². The lowest BCUT2D eigenvalue weighted by Gasteiger charge is -2.26. The molecule has 0 atom stereocenters. The molecule has 1 aromatic heterocycles. The minimum atomic E-state index is -5.07. The molecule has 0 spiro atoms. The predicted octanol–water partition coefficient (Wildman–Crippen LogP) is 5.02. The first-order chi connectivity index (χ1) is 15.5. The molecule has 34 heavy (non-hydrogen) atoms. The van der Waals surface area contributed by atoms with Crippen LogP contribution in [0.2, 0.25) is 5.15 Å². The molecule has 1 aliphatic heterocycles. The average Bonchev–Trinajstić information content (AvgIpc) is 3.13. The van der Waals surface area contributed by atoms with Crippen LogP contribution in [0.25, 0.3) is 0 Å². The maximum absolute atomic E-state index is 13.2. The highest BCUT2D eigenvalue weighted by molar-refractivity contribution is 6.30. The lowest BCUT2D eigenvalue weighted by atomic mass is 10.0. The fourth-order valence-corrected chi connectivity index (χ4v) is 3.13. The first kappa shape index (κ1) is 25.7.